The monoisotopic (exact) mass is 648 g/mol. The van der Waals surface area contributed by atoms with Crippen molar-refractivity contribution in [2.45, 2.75) is 129 Å². The van der Waals surface area contributed by atoms with E-state index in [9.17, 15) is 0 Å². The van der Waals surface area contributed by atoms with Crippen LogP contribution in [0.25, 0.3) is 0 Å². The van der Waals surface area contributed by atoms with Gasteiger partial charge in [-0.1, -0.05) is 0 Å². The lowest BCUT2D eigenvalue weighted by Gasteiger charge is -2.45. The Morgan fingerprint density at radius 3 is 1.41 bits per heavy atom. The molecule has 0 amide bonds. The number of ether oxygens (including phenoxy) is 1. The van der Waals surface area contributed by atoms with Gasteiger partial charge in [0.2, 0.25) is 0 Å². The first-order valence-corrected chi connectivity index (χ1v) is 34.8. The maximum absolute atomic E-state index is 9.08. The minimum absolute atomic E-state index is 0.0891. The average molecular weight is 649 g/mol. The second-order valence-corrected chi connectivity index (χ2v) is 43.5. The summed E-state index contributed by atoms with van der Waals surface area (Å²) in [6.07, 6.45) is -0.720. The third kappa shape index (κ3) is 20.7. The largest absolute Gasteiger partial charge is 0.456 e. The van der Waals surface area contributed by atoms with Crippen molar-refractivity contribution in [1.82, 2.24) is 0 Å². The lowest BCUT2D eigenvalue weighted by Crippen LogP contribution is -2.60. The van der Waals surface area contributed by atoms with Crippen LogP contribution in [0.15, 0.2) is 0 Å². The average Bonchev–Trinajstić information content (AvgIpc) is 2.52. The minimum atomic E-state index is -2.72. The Balaban J connectivity index is 5.99. The summed E-state index contributed by atoms with van der Waals surface area (Å²) in [7, 11) is -15.1. The summed E-state index contributed by atoms with van der Waals surface area (Å²) in [5, 5.41) is 18.2. The van der Waals surface area contributed by atoms with E-state index in [1.54, 1.807) is 0 Å². The Bertz CT molecular complexity index is 677. The van der Waals surface area contributed by atoms with Crippen molar-refractivity contribution in [2.24, 2.45) is 0 Å². The Kier molecular flexibility index (Phi) is 14.9. The van der Waals surface area contributed by atoms with Crippen LogP contribution in [0, 0.1) is 0 Å². The molecule has 15 heteroatoms. The van der Waals surface area contributed by atoms with Gasteiger partial charge in [-0.15, -0.1) is 0 Å². The van der Waals surface area contributed by atoms with Crippen LogP contribution in [0.1, 0.15) is 6.42 Å². The molecule has 0 spiro atoms. The van der Waals surface area contributed by atoms with Crippen molar-refractivity contribution in [3.63, 3.8) is 0 Å². The molecular weight excluding hydrogens is 589 g/mol. The zero-order valence-electron chi connectivity index (χ0n) is 26.7. The molecule has 2 atom stereocenters. The van der Waals surface area contributed by atoms with Gasteiger partial charge < -0.3 is 35.5 Å². The molecule has 2 N–H and O–H groups in total. The molecular formula is C22H60O8Si7. The van der Waals surface area contributed by atoms with Crippen molar-refractivity contribution in [2.75, 3.05) is 13.2 Å². The van der Waals surface area contributed by atoms with Crippen LogP contribution in [0.2, 0.25) is 116 Å². The van der Waals surface area contributed by atoms with Gasteiger partial charge in [-0.25, -0.2) is 0 Å². The summed E-state index contributed by atoms with van der Waals surface area (Å²) in [5.41, 5.74) is 0. The molecule has 0 saturated heterocycles. The van der Waals surface area contributed by atoms with Crippen LogP contribution in [-0.2, 0) is 25.3 Å². The van der Waals surface area contributed by atoms with Gasteiger partial charge in [-0.05, 0) is 123 Å². The van der Waals surface area contributed by atoms with Crippen LogP contribution < -0.4 is 0 Å². The maximum Gasteiger partial charge on any atom is 0.317 e. The number of rotatable bonds is 19. The second-order valence-electron chi connectivity index (χ2n) is 14.4. The van der Waals surface area contributed by atoms with E-state index in [-0.39, 0.29) is 6.61 Å². The Morgan fingerprint density at radius 1 is 0.514 bits per heavy atom. The lowest BCUT2D eigenvalue weighted by molar-refractivity contribution is -0.0945. The summed E-state index contributed by atoms with van der Waals surface area (Å²) < 4.78 is 39.7. The highest BCUT2D eigenvalue weighted by Gasteiger charge is 2.49. The topological polar surface area (TPSA) is 95.8 Å². The Morgan fingerprint density at radius 2 is 0.973 bits per heavy atom. The van der Waals surface area contributed by atoms with E-state index in [0.29, 0.717) is 6.61 Å². The number of hydrogen-bond donors (Lipinski definition) is 2. The fraction of sp³-hybridized carbons (Fsp3) is 1.00. The first-order valence-electron chi connectivity index (χ1n) is 13.6. The number of hydrogen-bond acceptors (Lipinski definition) is 8. The molecule has 0 heterocycles. The molecule has 0 aromatic heterocycles. The van der Waals surface area contributed by atoms with E-state index in [1.165, 1.54) is 0 Å². The van der Waals surface area contributed by atoms with Gasteiger partial charge in [0, 0.05) is 6.61 Å². The van der Waals surface area contributed by atoms with E-state index in [2.05, 4.69) is 98.2 Å². The van der Waals surface area contributed by atoms with E-state index in [4.69, 9.17) is 35.5 Å². The predicted octanol–water partition coefficient (Wildman–Crippen LogP) is 6.34. The van der Waals surface area contributed by atoms with E-state index < -0.39 is 65.2 Å². The number of aliphatic hydroxyl groups is 2. The molecule has 37 heavy (non-hydrogen) atoms. The first kappa shape index (κ1) is 38.2. The van der Waals surface area contributed by atoms with Crippen LogP contribution in [0.4, 0.5) is 0 Å². The molecule has 0 aromatic rings. The second kappa shape index (κ2) is 14.4. The fourth-order valence-electron chi connectivity index (χ4n) is 4.72. The molecule has 0 aliphatic heterocycles. The molecule has 8 nitrogen and oxygen atoms in total. The molecule has 0 aromatic carbocycles. The van der Waals surface area contributed by atoms with Gasteiger partial charge in [0.05, 0.1) is 6.61 Å². The highest BCUT2D eigenvalue weighted by Crippen LogP contribution is 2.34. The number of aliphatic hydroxyl groups excluding tert-OH is 1. The van der Waals surface area contributed by atoms with E-state index >= 15 is 0 Å². The van der Waals surface area contributed by atoms with Crippen molar-refractivity contribution in [3.8, 4) is 0 Å². The molecule has 0 aliphatic carbocycles. The lowest BCUT2D eigenvalue weighted by atomic mass is 10.5. The smallest absolute Gasteiger partial charge is 0.317 e. The predicted molar refractivity (Wildman–Crippen MR) is 172 cm³/mol. The van der Waals surface area contributed by atoms with Gasteiger partial charge in [-0.2, -0.15) is 0 Å². The molecule has 0 radical (unpaired) electrons. The molecule has 0 rings (SSSR count). The highest BCUT2D eigenvalue weighted by molar-refractivity contribution is 6.92. The molecule has 0 saturated carbocycles. The van der Waals surface area contributed by atoms with Crippen LogP contribution in [0.5, 0.6) is 0 Å². The summed E-state index contributed by atoms with van der Waals surface area (Å²) in [5.74, 6) is 0. The third-order valence-electron chi connectivity index (χ3n) is 4.92. The summed E-state index contributed by atoms with van der Waals surface area (Å²) in [4.78, 5) is 0. The Hall–Kier alpha value is 1.20. The fourth-order valence-corrected chi connectivity index (χ4v) is 38.9. The van der Waals surface area contributed by atoms with Gasteiger partial charge >= 0.3 is 25.7 Å². The van der Waals surface area contributed by atoms with Gasteiger partial charge in [0.1, 0.15) is 0 Å². The third-order valence-corrected chi connectivity index (χ3v) is 29.7. The van der Waals surface area contributed by atoms with Crippen LogP contribution in [0.3, 0.4) is 0 Å². The van der Waals surface area contributed by atoms with Gasteiger partial charge in [0.25, 0.3) is 0 Å². The first-order chi connectivity index (χ1) is 16.2. The Labute approximate surface area is 236 Å². The summed E-state index contributed by atoms with van der Waals surface area (Å²) in [6.45, 7) is 33.6. The van der Waals surface area contributed by atoms with Crippen molar-refractivity contribution < 1.29 is 35.5 Å². The SMILES string of the molecule is C[Si](C)(C)O[Si](C)(C)CC[Si](C)(O[Si](C)(C)O[Si](C)(C)C)O[Si](C)(CCCOCC(O)O)O[Si](C)(C)C. The zero-order chi connectivity index (χ0) is 29.6. The standard InChI is InChI=1S/C22H60O8Si7/c1-31(2,3)26-34(10,11)19-20-37(15,29-35(12,13)27-32(4,5)6)30-36(14,28-33(7,8)9)18-16-17-25-21-22(23)24/h22-24H,16-21H2,1-15H3. The summed E-state index contributed by atoms with van der Waals surface area (Å²) in [6, 6.07) is 2.59. The van der Waals surface area contributed by atoms with Crippen LogP contribution in [-0.4, -0.2) is 88.7 Å². The zero-order valence-corrected chi connectivity index (χ0v) is 33.7. The minimum Gasteiger partial charge on any atom is -0.456 e. The molecule has 224 valence electrons. The van der Waals surface area contributed by atoms with Crippen molar-refractivity contribution in [3.05, 3.63) is 0 Å². The molecule has 0 fully saturated rings. The maximum atomic E-state index is 9.08. The van der Waals surface area contributed by atoms with Crippen LogP contribution >= 0.6 is 0 Å². The van der Waals surface area contributed by atoms with E-state index in [0.717, 1.165) is 24.6 Å². The quantitative estimate of drug-likeness (QED) is 0.0952. The molecule has 0 bridgehead atoms. The van der Waals surface area contributed by atoms with Gasteiger partial charge in [-0.3, -0.25) is 0 Å². The van der Waals surface area contributed by atoms with Crippen molar-refractivity contribution >= 4 is 59.0 Å². The highest BCUT2D eigenvalue weighted by atomic mass is 28.5. The van der Waals surface area contributed by atoms with Gasteiger partial charge in [0.15, 0.2) is 39.6 Å². The molecule has 2 unspecified atom stereocenters. The van der Waals surface area contributed by atoms with Crippen molar-refractivity contribution in [1.29, 1.82) is 0 Å². The van der Waals surface area contributed by atoms with E-state index in [1.807, 2.05) is 0 Å². The molecule has 0 aliphatic rings. The summed E-state index contributed by atoms with van der Waals surface area (Å²) >= 11 is 0. The normalized spacial score (nSPS) is 17.7.